The summed E-state index contributed by atoms with van der Waals surface area (Å²) < 4.78 is 2.18. The summed E-state index contributed by atoms with van der Waals surface area (Å²) in [5.41, 5.74) is 9.12. The number of hydrogen-bond acceptors (Lipinski definition) is 2. The van der Waals surface area contributed by atoms with Gasteiger partial charge in [-0.25, -0.2) is 4.98 Å². The third-order valence-corrected chi connectivity index (χ3v) is 4.08. The molecule has 0 aliphatic heterocycles. The number of hydrogen-bond donors (Lipinski definition) is 1. The first-order valence-electron chi connectivity index (χ1n) is 7.65. The lowest BCUT2D eigenvalue weighted by molar-refractivity contribution is 0.712. The molecule has 1 heterocycles. The summed E-state index contributed by atoms with van der Waals surface area (Å²) in [5, 5.41) is 0. The van der Waals surface area contributed by atoms with E-state index in [4.69, 9.17) is 18.0 Å². The van der Waals surface area contributed by atoms with Crippen molar-refractivity contribution in [1.82, 2.24) is 9.55 Å². The van der Waals surface area contributed by atoms with Gasteiger partial charge in [0.15, 0.2) is 0 Å². The fraction of sp³-hybridized carbons (Fsp3) is 0.158. The lowest BCUT2D eigenvalue weighted by Gasteiger charge is -2.09. The number of thiocarbonyl (C=S) groups is 1. The molecule has 0 amide bonds. The molecule has 0 atom stereocenters. The molecule has 23 heavy (non-hydrogen) atoms. The Labute approximate surface area is 141 Å². The Morgan fingerprint density at radius 1 is 1.00 bits per heavy atom. The topological polar surface area (TPSA) is 43.8 Å². The van der Waals surface area contributed by atoms with Gasteiger partial charge in [0.25, 0.3) is 0 Å². The van der Waals surface area contributed by atoms with Crippen molar-refractivity contribution in [3.05, 3.63) is 89.5 Å². The molecule has 2 N–H and O–H groups in total. The van der Waals surface area contributed by atoms with Gasteiger partial charge in [-0.2, -0.15) is 0 Å². The van der Waals surface area contributed by atoms with Crippen molar-refractivity contribution >= 4 is 17.2 Å². The van der Waals surface area contributed by atoms with E-state index >= 15 is 0 Å². The highest BCUT2D eigenvalue weighted by atomic mass is 32.1. The Morgan fingerprint density at radius 3 is 2.57 bits per heavy atom. The van der Waals surface area contributed by atoms with Crippen molar-refractivity contribution < 1.29 is 0 Å². The van der Waals surface area contributed by atoms with Gasteiger partial charge in [0.1, 0.15) is 10.8 Å². The highest BCUT2D eigenvalue weighted by molar-refractivity contribution is 7.80. The molecule has 0 unspecified atom stereocenters. The van der Waals surface area contributed by atoms with Crippen molar-refractivity contribution in [2.24, 2.45) is 5.73 Å². The number of aryl methyl sites for hydroxylation is 2. The number of imidazole rings is 1. The summed E-state index contributed by atoms with van der Waals surface area (Å²) in [6.45, 7) is 0.778. The van der Waals surface area contributed by atoms with Crippen LogP contribution in [0.15, 0.2) is 67.0 Å². The second kappa shape index (κ2) is 7.20. The van der Waals surface area contributed by atoms with Crippen molar-refractivity contribution in [2.75, 3.05) is 0 Å². The molecule has 116 valence electrons. The van der Waals surface area contributed by atoms with Crippen LogP contribution in [0.5, 0.6) is 0 Å². The van der Waals surface area contributed by atoms with Crippen LogP contribution in [0.3, 0.4) is 0 Å². The smallest absolute Gasteiger partial charge is 0.109 e. The molecule has 0 aliphatic carbocycles. The summed E-state index contributed by atoms with van der Waals surface area (Å²) >= 11 is 5.05. The van der Waals surface area contributed by atoms with Gasteiger partial charge in [-0.1, -0.05) is 60.7 Å². The average molecular weight is 321 g/mol. The second-order valence-electron chi connectivity index (χ2n) is 5.52. The van der Waals surface area contributed by atoms with Gasteiger partial charge in [0.05, 0.1) is 0 Å². The zero-order valence-electron chi connectivity index (χ0n) is 12.9. The molecule has 0 saturated heterocycles. The minimum absolute atomic E-state index is 0.432. The third-order valence-electron chi connectivity index (χ3n) is 3.85. The first-order valence-corrected chi connectivity index (χ1v) is 8.06. The monoisotopic (exact) mass is 321 g/mol. The molecule has 3 rings (SSSR count). The Kier molecular flexibility index (Phi) is 4.83. The van der Waals surface area contributed by atoms with Crippen LogP contribution in [-0.2, 0) is 19.4 Å². The molecular weight excluding hydrogens is 302 g/mol. The minimum Gasteiger partial charge on any atom is -0.389 e. The maximum absolute atomic E-state index is 5.71. The fourth-order valence-corrected chi connectivity index (χ4v) is 2.76. The van der Waals surface area contributed by atoms with Crippen LogP contribution >= 0.6 is 12.2 Å². The van der Waals surface area contributed by atoms with E-state index in [-0.39, 0.29) is 0 Å². The highest BCUT2D eigenvalue weighted by Crippen LogP contribution is 2.11. The number of nitrogens with zero attached hydrogens (tertiary/aromatic N) is 2. The van der Waals surface area contributed by atoms with Gasteiger partial charge in [-0.05, 0) is 23.6 Å². The summed E-state index contributed by atoms with van der Waals surface area (Å²) in [6.07, 6.45) is 5.79. The average Bonchev–Trinajstić information content (AvgIpc) is 3.01. The van der Waals surface area contributed by atoms with E-state index in [2.05, 4.69) is 39.9 Å². The van der Waals surface area contributed by atoms with Crippen LogP contribution in [0, 0.1) is 0 Å². The molecule has 2 aromatic carbocycles. The van der Waals surface area contributed by atoms with E-state index < -0.39 is 0 Å². The predicted molar refractivity (Wildman–Crippen MR) is 97.5 cm³/mol. The summed E-state index contributed by atoms with van der Waals surface area (Å²) in [4.78, 5) is 4.93. The Morgan fingerprint density at radius 2 is 1.78 bits per heavy atom. The van der Waals surface area contributed by atoms with Crippen LogP contribution in [-0.4, -0.2) is 14.5 Å². The molecule has 1 aromatic heterocycles. The van der Waals surface area contributed by atoms with Crippen molar-refractivity contribution in [1.29, 1.82) is 0 Å². The van der Waals surface area contributed by atoms with Crippen LogP contribution in [0.2, 0.25) is 0 Å². The first kappa shape index (κ1) is 15.4. The van der Waals surface area contributed by atoms with Crippen LogP contribution in [0.25, 0.3) is 0 Å². The van der Waals surface area contributed by atoms with E-state index in [1.807, 2.05) is 36.7 Å². The summed E-state index contributed by atoms with van der Waals surface area (Å²) in [5.74, 6) is 1.09. The van der Waals surface area contributed by atoms with E-state index in [9.17, 15) is 0 Å². The zero-order valence-corrected chi connectivity index (χ0v) is 13.7. The van der Waals surface area contributed by atoms with E-state index in [0.29, 0.717) is 4.99 Å². The van der Waals surface area contributed by atoms with Crippen molar-refractivity contribution in [2.45, 2.75) is 19.4 Å². The second-order valence-corrected chi connectivity index (χ2v) is 5.96. The quantitative estimate of drug-likeness (QED) is 0.708. The Bertz CT molecular complexity index is 793. The molecule has 0 fully saturated rings. The maximum atomic E-state index is 5.71. The van der Waals surface area contributed by atoms with Crippen LogP contribution in [0.4, 0.5) is 0 Å². The molecule has 0 spiro atoms. The van der Waals surface area contributed by atoms with E-state index in [1.165, 1.54) is 11.1 Å². The summed E-state index contributed by atoms with van der Waals surface area (Å²) in [6, 6.07) is 18.6. The normalized spacial score (nSPS) is 10.6. The first-order chi connectivity index (χ1) is 11.2. The minimum atomic E-state index is 0.432. The fourth-order valence-electron chi connectivity index (χ4n) is 2.63. The SMILES string of the molecule is NC(=S)c1cccc(Cn2ccnc2CCc2ccccc2)c1. The predicted octanol–water partition coefficient (Wildman–Crippen LogP) is 3.35. The van der Waals surface area contributed by atoms with Crippen LogP contribution < -0.4 is 5.73 Å². The number of nitrogens with two attached hydrogens (primary N) is 1. The molecule has 3 aromatic rings. The molecule has 0 bridgehead atoms. The van der Waals surface area contributed by atoms with Crippen LogP contribution in [0.1, 0.15) is 22.5 Å². The number of aromatic nitrogens is 2. The lowest BCUT2D eigenvalue weighted by atomic mass is 10.1. The van der Waals surface area contributed by atoms with Gasteiger partial charge < -0.3 is 10.3 Å². The molecule has 3 nitrogen and oxygen atoms in total. The number of benzene rings is 2. The molecule has 0 aliphatic rings. The largest absolute Gasteiger partial charge is 0.389 e. The van der Waals surface area contributed by atoms with Crippen molar-refractivity contribution in [3.8, 4) is 0 Å². The lowest BCUT2D eigenvalue weighted by Crippen LogP contribution is -2.11. The zero-order chi connectivity index (χ0) is 16.1. The van der Waals surface area contributed by atoms with Gasteiger partial charge >= 0.3 is 0 Å². The molecule has 4 heteroatoms. The molecule has 0 radical (unpaired) electrons. The molecular formula is C19H19N3S. The third kappa shape index (κ3) is 4.05. The Balaban J connectivity index is 1.71. The molecule has 0 saturated carbocycles. The van der Waals surface area contributed by atoms with Crippen molar-refractivity contribution in [3.63, 3.8) is 0 Å². The standard InChI is InChI=1S/C19H19N3S/c20-19(23)17-8-4-7-16(13-17)14-22-12-11-21-18(22)10-9-15-5-2-1-3-6-15/h1-8,11-13H,9-10,14H2,(H2,20,23). The van der Waals surface area contributed by atoms with Gasteiger partial charge in [0, 0.05) is 30.9 Å². The van der Waals surface area contributed by atoms with Gasteiger partial charge in [-0.3, -0.25) is 0 Å². The number of rotatable bonds is 6. The summed E-state index contributed by atoms with van der Waals surface area (Å²) in [7, 11) is 0. The Hall–Kier alpha value is -2.46. The van der Waals surface area contributed by atoms with Gasteiger partial charge in [0.2, 0.25) is 0 Å². The highest BCUT2D eigenvalue weighted by Gasteiger charge is 2.05. The van der Waals surface area contributed by atoms with E-state index in [0.717, 1.165) is 30.8 Å². The van der Waals surface area contributed by atoms with E-state index in [1.54, 1.807) is 0 Å². The van der Waals surface area contributed by atoms with Gasteiger partial charge in [-0.15, -0.1) is 0 Å². The maximum Gasteiger partial charge on any atom is 0.109 e.